The van der Waals surface area contributed by atoms with Crippen LogP contribution in [0.3, 0.4) is 0 Å². The van der Waals surface area contributed by atoms with Gasteiger partial charge in [0, 0.05) is 17.3 Å². The monoisotopic (exact) mass is 303 g/mol. The number of carbonyl (C=O) groups is 1. The van der Waals surface area contributed by atoms with E-state index in [9.17, 15) is 4.79 Å². The summed E-state index contributed by atoms with van der Waals surface area (Å²) in [6, 6.07) is 1.46. The van der Waals surface area contributed by atoms with Gasteiger partial charge < -0.3 is 5.32 Å². The second-order valence-electron chi connectivity index (χ2n) is 5.26. The predicted octanol–water partition coefficient (Wildman–Crippen LogP) is 2.82. The number of rotatable bonds is 4. The quantitative estimate of drug-likeness (QED) is 0.910. The van der Waals surface area contributed by atoms with Gasteiger partial charge in [-0.25, -0.2) is 19.7 Å². The maximum Gasteiger partial charge on any atom is 0.321 e. The van der Waals surface area contributed by atoms with Crippen LogP contribution in [0.5, 0.6) is 0 Å². The predicted molar refractivity (Wildman–Crippen MR) is 81.2 cm³/mol. The first-order valence-corrected chi connectivity index (χ1v) is 7.79. The van der Waals surface area contributed by atoms with E-state index in [1.54, 1.807) is 6.20 Å². The third-order valence-electron chi connectivity index (χ3n) is 3.31. The molecule has 3 rings (SSSR count). The summed E-state index contributed by atoms with van der Waals surface area (Å²) >= 11 is 1.41. The van der Waals surface area contributed by atoms with Crippen molar-refractivity contribution in [1.82, 2.24) is 20.3 Å². The van der Waals surface area contributed by atoms with Crippen molar-refractivity contribution in [3.63, 3.8) is 0 Å². The van der Waals surface area contributed by atoms with Gasteiger partial charge in [0.2, 0.25) is 0 Å². The normalized spacial score (nSPS) is 15.5. The Morgan fingerprint density at radius 1 is 1.33 bits per heavy atom. The van der Waals surface area contributed by atoms with Crippen molar-refractivity contribution < 1.29 is 4.79 Å². The van der Waals surface area contributed by atoms with E-state index in [1.807, 2.05) is 25.3 Å². The maximum absolute atomic E-state index is 12.1. The zero-order chi connectivity index (χ0) is 14.8. The minimum Gasteiger partial charge on any atom is -0.328 e. The summed E-state index contributed by atoms with van der Waals surface area (Å²) in [7, 11) is 0. The fourth-order valence-corrected chi connectivity index (χ4v) is 2.81. The van der Waals surface area contributed by atoms with Crippen molar-refractivity contribution in [2.24, 2.45) is 5.92 Å². The van der Waals surface area contributed by atoms with Crippen molar-refractivity contribution >= 4 is 22.5 Å². The van der Waals surface area contributed by atoms with Gasteiger partial charge >= 0.3 is 6.03 Å². The lowest BCUT2D eigenvalue weighted by atomic mass is 10.1. The Morgan fingerprint density at radius 2 is 2.14 bits per heavy atom. The Bertz CT molecular complexity index is 652. The standard InChI is InChI=1S/C14H17N5OS/c1-8-5-6-15-12(16-8)11(10-3-4-10)18-13(20)19-14-17-9(2)7-21-14/h5-7,10-11H,3-4H2,1-2H3,(H2,17,18,19,20)/t11-/m0/s1. The van der Waals surface area contributed by atoms with Crippen molar-refractivity contribution in [3.8, 4) is 0 Å². The van der Waals surface area contributed by atoms with Crippen molar-refractivity contribution in [2.45, 2.75) is 32.7 Å². The molecule has 0 saturated heterocycles. The highest BCUT2D eigenvalue weighted by atomic mass is 32.1. The van der Waals surface area contributed by atoms with Gasteiger partial charge in [0.15, 0.2) is 11.0 Å². The van der Waals surface area contributed by atoms with Crippen molar-refractivity contribution in [1.29, 1.82) is 0 Å². The van der Waals surface area contributed by atoms with Crippen LogP contribution in [0.25, 0.3) is 0 Å². The highest BCUT2D eigenvalue weighted by Gasteiger charge is 2.35. The number of urea groups is 1. The zero-order valence-corrected chi connectivity index (χ0v) is 12.8. The Hall–Kier alpha value is -2.02. The van der Waals surface area contributed by atoms with Crippen molar-refractivity contribution in [3.05, 3.63) is 34.9 Å². The van der Waals surface area contributed by atoms with Crippen LogP contribution in [0.1, 0.15) is 36.1 Å². The molecule has 0 spiro atoms. The molecule has 0 aliphatic heterocycles. The van der Waals surface area contributed by atoms with Gasteiger partial charge in [-0.3, -0.25) is 5.32 Å². The van der Waals surface area contributed by atoms with E-state index < -0.39 is 0 Å². The number of anilines is 1. The minimum atomic E-state index is -0.258. The molecule has 21 heavy (non-hydrogen) atoms. The van der Waals surface area contributed by atoms with E-state index in [4.69, 9.17) is 0 Å². The van der Waals surface area contributed by atoms with Gasteiger partial charge in [0.25, 0.3) is 0 Å². The van der Waals surface area contributed by atoms with Crippen LogP contribution in [0.2, 0.25) is 0 Å². The van der Waals surface area contributed by atoms with Crippen LogP contribution in [-0.4, -0.2) is 21.0 Å². The number of hydrogen-bond acceptors (Lipinski definition) is 5. The molecule has 2 aromatic heterocycles. The summed E-state index contributed by atoms with van der Waals surface area (Å²) in [6.07, 6.45) is 3.92. The molecule has 2 heterocycles. The van der Waals surface area contributed by atoms with E-state index in [2.05, 4.69) is 25.6 Å². The number of amides is 2. The summed E-state index contributed by atoms with van der Waals surface area (Å²) in [5.74, 6) is 1.11. The molecule has 6 nitrogen and oxygen atoms in total. The molecule has 1 saturated carbocycles. The number of thiazole rings is 1. The second kappa shape index (κ2) is 5.77. The Labute approximate surface area is 127 Å². The molecule has 1 atom stereocenters. The van der Waals surface area contributed by atoms with E-state index in [1.165, 1.54) is 11.3 Å². The Kier molecular flexibility index (Phi) is 3.83. The third kappa shape index (κ3) is 3.55. The molecule has 0 aromatic carbocycles. The minimum absolute atomic E-state index is 0.133. The van der Waals surface area contributed by atoms with E-state index in [0.29, 0.717) is 16.9 Å². The van der Waals surface area contributed by atoms with Gasteiger partial charge in [0.05, 0.1) is 11.7 Å². The molecule has 0 bridgehead atoms. The molecule has 1 fully saturated rings. The van der Waals surface area contributed by atoms with E-state index in [-0.39, 0.29) is 12.1 Å². The van der Waals surface area contributed by atoms with Crippen LogP contribution >= 0.6 is 11.3 Å². The molecule has 0 unspecified atom stereocenters. The molecular formula is C14H17N5OS. The molecule has 110 valence electrons. The Balaban J connectivity index is 1.69. The first kappa shape index (κ1) is 13.9. The highest BCUT2D eigenvalue weighted by Crippen LogP contribution is 2.39. The number of hydrogen-bond donors (Lipinski definition) is 2. The number of nitrogens with one attached hydrogen (secondary N) is 2. The van der Waals surface area contributed by atoms with Crippen molar-refractivity contribution in [2.75, 3.05) is 5.32 Å². The lowest BCUT2D eigenvalue weighted by molar-refractivity contribution is 0.246. The number of aromatic nitrogens is 3. The van der Waals surface area contributed by atoms with E-state index in [0.717, 1.165) is 24.2 Å². The van der Waals surface area contributed by atoms with Gasteiger partial charge in [-0.15, -0.1) is 11.3 Å². The smallest absolute Gasteiger partial charge is 0.321 e. The average molecular weight is 303 g/mol. The first-order chi connectivity index (χ1) is 10.1. The van der Waals surface area contributed by atoms with Crippen LogP contribution in [0.15, 0.2) is 17.6 Å². The number of carbonyl (C=O) groups excluding carboxylic acids is 1. The largest absolute Gasteiger partial charge is 0.328 e. The molecular weight excluding hydrogens is 286 g/mol. The van der Waals surface area contributed by atoms with Crippen LogP contribution < -0.4 is 10.6 Å². The molecule has 0 radical (unpaired) electrons. The third-order valence-corrected chi connectivity index (χ3v) is 4.19. The summed E-state index contributed by atoms with van der Waals surface area (Å²) in [6.45, 7) is 3.82. The van der Waals surface area contributed by atoms with Crippen LogP contribution in [0, 0.1) is 19.8 Å². The fraction of sp³-hybridized carbons (Fsp3) is 0.429. The first-order valence-electron chi connectivity index (χ1n) is 6.91. The molecule has 1 aliphatic carbocycles. The molecule has 1 aliphatic rings. The highest BCUT2D eigenvalue weighted by molar-refractivity contribution is 7.13. The lowest BCUT2D eigenvalue weighted by Gasteiger charge is -2.17. The summed E-state index contributed by atoms with van der Waals surface area (Å²) in [5, 5.41) is 8.24. The Morgan fingerprint density at radius 3 is 2.76 bits per heavy atom. The zero-order valence-electron chi connectivity index (χ0n) is 12.0. The summed E-state index contributed by atoms with van der Waals surface area (Å²) in [5.41, 5.74) is 1.81. The topological polar surface area (TPSA) is 79.8 Å². The maximum atomic E-state index is 12.1. The van der Waals surface area contributed by atoms with Crippen LogP contribution in [-0.2, 0) is 0 Å². The summed E-state index contributed by atoms with van der Waals surface area (Å²) < 4.78 is 0. The summed E-state index contributed by atoms with van der Waals surface area (Å²) in [4.78, 5) is 25.1. The van der Waals surface area contributed by atoms with Gasteiger partial charge in [-0.1, -0.05) is 0 Å². The van der Waals surface area contributed by atoms with Gasteiger partial charge in [0.1, 0.15) is 0 Å². The van der Waals surface area contributed by atoms with E-state index >= 15 is 0 Å². The SMILES string of the molecule is Cc1ccnc([C@@H](NC(=O)Nc2nc(C)cs2)C2CC2)n1. The lowest BCUT2D eigenvalue weighted by Crippen LogP contribution is -2.34. The fourth-order valence-electron chi connectivity index (χ4n) is 2.13. The molecule has 7 heteroatoms. The second-order valence-corrected chi connectivity index (χ2v) is 6.12. The van der Waals surface area contributed by atoms with Gasteiger partial charge in [-0.2, -0.15) is 0 Å². The number of aryl methyl sites for hydroxylation is 2. The number of nitrogens with zero attached hydrogens (tertiary/aromatic N) is 3. The van der Waals surface area contributed by atoms with Crippen LogP contribution in [0.4, 0.5) is 9.93 Å². The van der Waals surface area contributed by atoms with Gasteiger partial charge in [-0.05, 0) is 38.7 Å². The average Bonchev–Trinajstić information content (AvgIpc) is 3.20. The molecule has 2 amide bonds. The molecule has 2 aromatic rings. The molecule has 2 N–H and O–H groups in total.